The zero-order valence-corrected chi connectivity index (χ0v) is 6.68. The van der Waals surface area contributed by atoms with E-state index in [0.29, 0.717) is 6.04 Å². The molecule has 0 atom stereocenters. The predicted molar refractivity (Wildman–Crippen MR) is 44.2 cm³/mol. The van der Waals surface area contributed by atoms with Crippen LogP contribution >= 0.6 is 0 Å². The number of benzene rings is 1. The van der Waals surface area contributed by atoms with E-state index in [-0.39, 0.29) is 11.4 Å². The van der Waals surface area contributed by atoms with E-state index < -0.39 is 0 Å². The molecule has 0 aromatic heterocycles. The maximum Gasteiger partial charge on any atom is 0.123 e. The summed E-state index contributed by atoms with van der Waals surface area (Å²) in [5.41, 5.74) is 1.28. The molecule has 2 bridgehead atoms. The molecule has 1 N–H and O–H groups in total. The van der Waals surface area contributed by atoms with Crippen LogP contribution in [0.3, 0.4) is 0 Å². The van der Waals surface area contributed by atoms with Crippen molar-refractivity contribution in [2.75, 3.05) is 0 Å². The van der Waals surface area contributed by atoms with Crippen molar-refractivity contribution in [3.05, 3.63) is 35.6 Å². The van der Waals surface area contributed by atoms with Crippen molar-refractivity contribution in [3.8, 4) is 0 Å². The van der Waals surface area contributed by atoms with Crippen molar-refractivity contribution in [2.45, 2.75) is 24.4 Å². The van der Waals surface area contributed by atoms with E-state index in [0.717, 1.165) is 5.56 Å². The first-order valence-corrected chi connectivity index (χ1v) is 4.32. The van der Waals surface area contributed by atoms with Gasteiger partial charge in [0.2, 0.25) is 0 Å². The van der Waals surface area contributed by atoms with E-state index in [1.54, 1.807) is 12.1 Å². The molecule has 1 saturated carbocycles. The second-order valence-electron chi connectivity index (χ2n) is 3.84. The van der Waals surface area contributed by atoms with Gasteiger partial charge in [-0.25, -0.2) is 4.39 Å². The topological polar surface area (TPSA) is 12.0 Å². The molecule has 0 amide bonds. The van der Waals surface area contributed by atoms with Gasteiger partial charge in [0.25, 0.3) is 0 Å². The van der Waals surface area contributed by atoms with E-state index in [4.69, 9.17) is 0 Å². The van der Waals surface area contributed by atoms with Crippen LogP contribution in [0.15, 0.2) is 24.3 Å². The van der Waals surface area contributed by atoms with Gasteiger partial charge >= 0.3 is 0 Å². The Kier molecular flexibility index (Phi) is 1.04. The zero-order valence-electron chi connectivity index (χ0n) is 6.68. The second kappa shape index (κ2) is 1.88. The lowest BCUT2D eigenvalue weighted by Crippen LogP contribution is -2.74. The quantitative estimate of drug-likeness (QED) is 0.665. The molecule has 1 aromatic rings. The maximum atomic E-state index is 12.8. The molecule has 1 aromatic carbocycles. The summed E-state index contributed by atoms with van der Waals surface area (Å²) in [7, 11) is 0. The molecule has 2 saturated heterocycles. The van der Waals surface area contributed by atoms with Crippen molar-refractivity contribution < 1.29 is 4.39 Å². The van der Waals surface area contributed by atoms with Gasteiger partial charge < -0.3 is 5.32 Å². The van der Waals surface area contributed by atoms with E-state index in [1.807, 2.05) is 6.07 Å². The minimum atomic E-state index is -0.126. The standard InChI is InChI=1S/C10H10FN/c11-8-3-1-2-7(4-8)10-5-9(6-10)12-10/h1-4,9,12H,5-6H2. The van der Waals surface area contributed by atoms with Crippen LogP contribution in [0.25, 0.3) is 0 Å². The third-order valence-corrected chi connectivity index (χ3v) is 3.05. The highest BCUT2D eigenvalue weighted by Gasteiger charge is 2.57. The van der Waals surface area contributed by atoms with Crippen LogP contribution < -0.4 is 5.32 Å². The van der Waals surface area contributed by atoms with Gasteiger partial charge in [0.15, 0.2) is 0 Å². The van der Waals surface area contributed by atoms with E-state index in [9.17, 15) is 4.39 Å². The van der Waals surface area contributed by atoms with Crippen molar-refractivity contribution in [2.24, 2.45) is 0 Å². The molecular weight excluding hydrogens is 153 g/mol. The highest BCUT2D eigenvalue weighted by atomic mass is 19.1. The van der Waals surface area contributed by atoms with E-state index in [1.165, 1.54) is 18.9 Å². The highest BCUT2D eigenvalue weighted by Crippen LogP contribution is 2.51. The van der Waals surface area contributed by atoms with E-state index >= 15 is 0 Å². The third kappa shape index (κ3) is 0.661. The Morgan fingerprint density at radius 2 is 2.17 bits per heavy atom. The molecular formula is C10H10FN. The van der Waals surface area contributed by atoms with Crippen LogP contribution in [-0.2, 0) is 5.54 Å². The van der Waals surface area contributed by atoms with Gasteiger partial charge in [0.05, 0.1) is 0 Å². The van der Waals surface area contributed by atoms with Crippen LogP contribution in [0, 0.1) is 5.82 Å². The Morgan fingerprint density at radius 1 is 1.42 bits per heavy atom. The molecule has 12 heavy (non-hydrogen) atoms. The molecule has 3 aliphatic rings. The predicted octanol–water partition coefficient (Wildman–Crippen LogP) is 1.79. The van der Waals surface area contributed by atoms with Crippen LogP contribution in [0.4, 0.5) is 4.39 Å². The fourth-order valence-corrected chi connectivity index (χ4v) is 2.24. The van der Waals surface area contributed by atoms with Crippen LogP contribution in [0.2, 0.25) is 0 Å². The van der Waals surface area contributed by atoms with Gasteiger partial charge in [-0.1, -0.05) is 12.1 Å². The summed E-state index contributed by atoms with van der Waals surface area (Å²) in [5, 5.41) is 3.40. The molecule has 2 aliphatic heterocycles. The summed E-state index contributed by atoms with van der Waals surface area (Å²) < 4.78 is 12.8. The fraction of sp³-hybridized carbons (Fsp3) is 0.400. The molecule has 0 radical (unpaired) electrons. The average molecular weight is 163 g/mol. The maximum absolute atomic E-state index is 12.8. The summed E-state index contributed by atoms with van der Waals surface area (Å²) in [6, 6.07) is 7.64. The molecule has 2 heterocycles. The number of rotatable bonds is 1. The first-order valence-electron chi connectivity index (χ1n) is 4.32. The Morgan fingerprint density at radius 3 is 2.67 bits per heavy atom. The Balaban J connectivity index is 2.01. The van der Waals surface area contributed by atoms with Gasteiger partial charge in [0, 0.05) is 11.6 Å². The fourth-order valence-electron chi connectivity index (χ4n) is 2.24. The molecule has 3 fully saturated rings. The van der Waals surface area contributed by atoms with E-state index in [2.05, 4.69) is 5.32 Å². The molecule has 1 nitrogen and oxygen atoms in total. The van der Waals surface area contributed by atoms with Gasteiger partial charge in [-0.05, 0) is 30.5 Å². The minimum Gasteiger partial charge on any atom is -0.304 e. The minimum absolute atomic E-state index is 0.126. The van der Waals surface area contributed by atoms with Crippen LogP contribution in [0.5, 0.6) is 0 Å². The second-order valence-corrected chi connectivity index (χ2v) is 3.84. The summed E-state index contributed by atoms with van der Waals surface area (Å²) in [6.45, 7) is 0. The Hall–Kier alpha value is -0.890. The molecule has 0 spiro atoms. The molecule has 4 rings (SSSR count). The summed E-state index contributed by atoms with van der Waals surface area (Å²) in [6.07, 6.45) is 2.38. The summed E-state index contributed by atoms with van der Waals surface area (Å²) >= 11 is 0. The first-order chi connectivity index (χ1) is 5.78. The third-order valence-electron chi connectivity index (χ3n) is 3.05. The van der Waals surface area contributed by atoms with Gasteiger partial charge in [-0.3, -0.25) is 0 Å². The lowest BCUT2D eigenvalue weighted by molar-refractivity contribution is -0.0221. The number of nitrogens with one attached hydrogen (secondary N) is 1. The number of hydrogen-bond acceptors (Lipinski definition) is 1. The SMILES string of the molecule is Fc1cccc(C23CC(C2)N3)c1. The van der Waals surface area contributed by atoms with Gasteiger partial charge in [-0.2, -0.15) is 0 Å². The van der Waals surface area contributed by atoms with Crippen molar-refractivity contribution in [3.63, 3.8) is 0 Å². The molecule has 0 unspecified atom stereocenters. The van der Waals surface area contributed by atoms with Gasteiger partial charge in [0.1, 0.15) is 5.82 Å². The Bertz CT molecular complexity index is 317. The van der Waals surface area contributed by atoms with Crippen molar-refractivity contribution >= 4 is 0 Å². The lowest BCUT2D eigenvalue weighted by Gasteiger charge is -2.63. The summed E-state index contributed by atoms with van der Waals surface area (Å²) in [4.78, 5) is 0. The highest BCUT2D eigenvalue weighted by molar-refractivity contribution is 5.35. The van der Waals surface area contributed by atoms with Crippen molar-refractivity contribution in [1.29, 1.82) is 0 Å². The smallest absolute Gasteiger partial charge is 0.123 e. The van der Waals surface area contributed by atoms with Gasteiger partial charge in [-0.15, -0.1) is 0 Å². The van der Waals surface area contributed by atoms with Crippen LogP contribution in [-0.4, -0.2) is 6.04 Å². The first kappa shape index (κ1) is 6.61. The molecule has 1 aliphatic carbocycles. The lowest BCUT2D eigenvalue weighted by atomic mass is 9.59. The summed E-state index contributed by atoms with van der Waals surface area (Å²) in [5.74, 6) is -0.126. The van der Waals surface area contributed by atoms with Crippen LogP contribution in [0.1, 0.15) is 18.4 Å². The molecule has 2 heteroatoms. The number of halogens is 1. The zero-order chi connectivity index (χ0) is 8.18. The average Bonchev–Trinajstić information content (AvgIpc) is 1.79. The number of hydrogen-bond donors (Lipinski definition) is 1. The normalized spacial score (nSPS) is 36.9. The molecule has 62 valence electrons. The van der Waals surface area contributed by atoms with Crippen molar-refractivity contribution in [1.82, 2.24) is 5.32 Å². The largest absolute Gasteiger partial charge is 0.304 e. The Labute approximate surface area is 70.6 Å². The monoisotopic (exact) mass is 163 g/mol.